The summed E-state index contributed by atoms with van der Waals surface area (Å²) in [4.78, 5) is 34.7. The second kappa shape index (κ2) is 6.61. The van der Waals surface area contributed by atoms with Crippen molar-refractivity contribution in [2.75, 3.05) is 25.0 Å². The van der Waals surface area contributed by atoms with E-state index in [4.69, 9.17) is 17.3 Å². The van der Waals surface area contributed by atoms with E-state index in [0.717, 1.165) is 0 Å². The Balaban J connectivity index is 1.93. The van der Waals surface area contributed by atoms with Crippen LogP contribution in [0.1, 0.15) is 6.42 Å². The van der Waals surface area contributed by atoms with Crippen molar-refractivity contribution >= 4 is 34.8 Å². The molecule has 1 atom stereocenters. The molecule has 1 fully saturated rings. The number of hydrogen-bond acceptors (Lipinski definition) is 5. The van der Waals surface area contributed by atoms with Crippen molar-refractivity contribution in [1.82, 2.24) is 4.90 Å². The molecule has 0 spiro atoms. The normalized spacial score (nSPS) is 17.6. The average Bonchev–Trinajstić information content (AvgIpc) is 2.82. The van der Waals surface area contributed by atoms with E-state index < -0.39 is 16.7 Å². The number of nitro groups is 1. The topological polar surface area (TPSA) is 119 Å². The molecule has 3 N–H and O–H groups in total. The Kier molecular flexibility index (Phi) is 4.81. The van der Waals surface area contributed by atoms with Crippen molar-refractivity contribution in [2.24, 2.45) is 11.7 Å². The Labute approximate surface area is 131 Å². The van der Waals surface area contributed by atoms with E-state index in [1.165, 1.54) is 17.0 Å². The number of carbonyl (C=O) groups excluding carboxylic acids is 2. The highest BCUT2D eigenvalue weighted by atomic mass is 35.5. The summed E-state index contributed by atoms with van der Waals surface area (Å²) in [6.45, 7) is 0.945. The number of nitrogens with two attached hydrogens (primary N) is 1. The fourth-order valence-corrected chi connectivity index (χ4v) is 2.48. The van der Waals surface area contributed by atoms with Crippen LogP contribution in [0.4, 0.5) is 11.4 Å². The first kappa shape index (κ1) is 16.0. The standard InChI is InChI=1S/C13H15ClN4O4/c14-9-1-2-10(11(6-9)18(21)22)16-3-4-17-7-8(13(15)20)5-12(17)19/h1-2,6,8,16H,3-5,7H2,(H2,15,20)/t8-/m0/s1. The highest BCUT2D eigenvalue weighted by Crippen LogP contribution is 2.27. The quantitative estimate of drug-likeness (QED) is 0.597. The number of hydrogen-bond donors (Lipinski definition) is 2. The zero-order valence-corrected chi connectivity index (χ0v) is 12.4. The fourth-order valence-electron chi connectivity index (χ4n) is 2.31. The van der Waals surface area contributed by atoms with Crippen LogP contribution in [0.2, 0.25) is 5.02 Å². The van der Waals surface area contributed by atoms with E-state index in [2.05, 4.69) is 5.32 Å². The minimum Gasteiger partial charge on any atom is -0.378 e. The van der Waals surface area contributed by atoms with Crippen LogP contribution in [0.5, 0.6) is 0 Å². The van der Waals surface area contributed by atoms with Crippen molar-refractivity contribution in [3.63, 3.8) is 0 Å². The molecule has 2 rings (SSSR count). The van der Waals surface area contributed by atoms with E-state index in [-0.39, 0.29) is 23.0 Å². The zero-order valence-electron chi connectivity index (χ0n) is 11.6. The van der Waals surface area contributed by atoms with Gasteiger partial charge in [0.1, 0.15) is 5.69 Å². The number of nitrogens with one attached hydrogen (secondary N) is 1. The van der Waals surface area contributed by atoms with Crippen molar-refractivity contribution in [1.29, 1.82) is 0 Å². The van der Waals surface area contributed by atoms with Gasteiger partial charge < -0.3 is 16.0 Å². The van der Waals surface area contributed by atoms with Crippen LogP contribution in [0.3, 0.4) is 0 Å². The Morgan fingerprint density at radius 2 is 2.27 bits per heavy atom. The Morgan fingerprint density at radius 3 is 2.86 bits per heavy atom. The number of anilines is 1. The maximum Gasteiger partial charge on any atom is 0.293 e. The van der Waals surface area contributed by atoms with Crippen LogP contribution in [0.25, 0.3) is 0 Å². The first-order chi connectivity index (χ1) is 10.4. The molecule has 1 aliphatic heterocycles. The van der Waals surface area contributed by atoms with E-state index in [0.29, 0.717) is 25.3 Å². The van der Waals surface area contributed by atoms with Gasteiger partial charge in [-0.05, 0) is 12.1 Å². The third-order valence-corrected chi connectivity index (χ3v) is 3.71. The molecular weight excluding hydrogens is 312 g/mol. The lowest BCUT2D eigenvalue weighted by Gasteiger charge is -2.16. The van der Waals surface area contributed by atoms with Gasteiger partial charge in [-0.25, -0.2) is 0 Å². The summed E-state index contributed by atoms with van der Waals surface area (Å²) in [5, 5.41) is 14.1. The number of likely N-dealkylation sites (tertiary alicyclic amines) is 1. The first-order valence-corrected chi connectivity index (χ1v) is 7.01. The van der Waals surface area contributed by atoms with E-state index in [1.807, 2.05) is 0 Å². The number of carbonyl (C=O) groups is 2. The van der Waals surface area contributed by atoms with Crippen LogP contribution in [-0.2, 0) is 9.59 Å². The minimum atomic E-state index is -0.529. The molecule has 1 aromatic carbocycles. The lowest BCUT2D eigenvalue weighted by molar-refractivity contribution is -0.383. The highest BCUT2D eigenvalue weighted by molar-refractivity contribution is 6.30. The lowest BCUT2D eigenvalue weighted by atomic mass is 10.1. The zero-order chi connectivity index (χ0) is 16.3. The lowest BCUT2D eigenvalue weighted by Crippen LogP contribution is -2.32. The van der Waals surface area contributed by atoms with E-state index in [1.54, 1.807) is 6.07 Å². The van der Waals surface area contributed by atoms with Crippen molar-refractivity contribution in [2.45, 2.75) is 6.42 Å². The smallest absolute Gasteiger partial charge is 0.293 e. The predicted molar refractivity (Wildman–Crippen MR) is 80.5 cm³/mol. The fraction of sp³-hybridized carbons (Fsp3) is 0.385. The predicted octanol–water partition coefficient (Wildman–Crippen LogP) is 0.994. The molecule has 0 radical (unpaired) electrons. The third-order valence-electron chi connectivity index (χ3n) is 3.47. The number of amides is 2. The molecule has 0 aliphatic carbocycles. The van der Waals surface area contributed by atoms with Gasteiger partial charge in [-0.1, -0.05) is 11.6 Å². The monoisotopic (exact) mass is 326 g/mol. The number of halogens is 1. The number of rotatable bonds is 6. The van der Waals surface area contributed by atoms with Gasteiger partial charge in [0.2, 0.25) is 11.8 Å². The van der Waals surface area contributed by atoms with Crippen LogP contribution < -0.4 is 11.1 Å². The van der Waals surface area contributed by atoms with E-state index in [9.17, 15) is 19.7 Å². The summed E-state index contributed by atoms with van der Waals surface area (Å²) >= 11 is 5.73. The summed E-state index contributed by atoms with van der Waals surface area (Å²) in [5.41, 5.74) is 5.39. The first-order valence-electron chi connectivity index (χ1n) is 6.63. The minimum absolute atomic E-state index is 0.121. The van der Waals surface area contributed by atoms with Gasteiger partial charge in [-0.2, -0.15) is 0 Å². The van der Waals surface area contributed by atoms with Crippen molar-refractivity contribution in [3.05, 3.63) is 33.3 Å². The molecule has 0 bridgehead atoms. The maximum atomic E-state index is 11.7. The molecule has 1 heterocycles. The molecule has 0 unspecified atom stereocenters. The van der Waals surface area contributed by atoms with Gasteiger partial charge >= 0.3 is 0 Å². The summed E-state index contributed by atoms with van der Waals surface area (Å²) in [7, 11) is 0. The molecule has 8 nitrogen and oxygen atoms in total. The Morgan fingerprint density at radius 1 is 1.55 bits per heavy atom. The van der Waals surface area contributed by atoms with Crippen LogP contribution in [0.15, 0.2) is 18.2 Å². The third kappa shape index (κ3) is 3.64. The second-order valence-electron chi connectivity index (χ2n) is 4.99. The molecular formula is C13H15ClN4O4. The molecule has 1 aromatic rings. The van der Waals surface area contributed by atoms with Crippen LogP contribution in [-0.4, -0.2) is 41.3 Å². The maximum absolute atomic E-state index is 11.7. The molecule has 0 aromatic heterocycles. The number of nitrogens with zero attached hydrogens (tertiary/aromatic N) is 2. The Bertz CT molecular complexity index is 622. The molecule has 118 valence electrons. The number of primary amides is 1. The molecule has 22 heavy (non-hydrogen) atoms. The molecule has 2 amide bonds. The van der Waals surface area contributed by atoms with Crippen LogP contribution >= 0.6 is 11.6 Å². The van der Waals surface area contributed by atoms with Crippen LogP contribution in [0, 0.1) is 16.0 Å². The molecule has 1 aliphatic rings. The average molecular weight is 327 g/mol. The summed E-state index contributed by atoms with van der Waals surface area (Å²) < 4.78 is 0. The van der Waals surface area contributed by atoms with Gasteiger partial charge in [-0.15, -0.1) is 0 Å². The summed E-state index contributed by atoms with van der Waals surface area (Å²) in [5.74, 6) is -1.09. The highest BCUT2D eigenvalue weighted by Gasteiger charge is 2.32. The SMILES string of the molecule is NC(=O)[C@H]1CC(=O)N(CCNc2ccc(Cl)cc2[N+](=O)[O-])C1. The number of benzene rings is 1. The Hall–Kier alpha value is -2.35. The molecule has 1 saturated heterocycles. The molecule has 0 saturated carbocycles. The van der Waals surface area contributed by atoms with E-state index >= 15 is 0 Å². The van der Waals surface area contributed by atoms with Gasteiger partial charge in [0.05, 0.1) is 10.8 Å². The largest absolute Gasteiger partial charge is 0.378 e. The summed E-state index contributed by atoms with van der Waals surface area (Å²) in [6, 6.07) is 4.31. The summed E-state index contributed by atoms with van der Waals surface area (Å²) in [6.07, 6.45) is 0.121. The van der Waals surface area contributed by atoms with Crippen molar-refractivity contribution < 1.29 is 14.5 Å². The van der Waals surface area contributed by atoms with Gasteiger partial charge in [0.15, 0.2) is 0 Å². The van der Waals surface area contributed by atoms with Gasteiger partial charge in [-0.3, -0.25) is 19.7 Å². The molecule has 9 heteroatoms. The van der Waals surface area contributed by atoms with Gasteiger partial charge in [0.25, 0.3) is 5.69 Å². The number of nitro benzene ring substituents is 1. The van der Waals surface area contributed by atoms with Crippen molar-refractivity contribution in [3.8, 4) is 0 Å². The van der Waals surface area contributed by atoms with Gasteiger partial charge in [0, 0.05) is 37.1 Å². The second-order valence-corrected chi connectivity index (χ2v) is 5.42.